The van der Waals surface area contributed by atoms with Crippen molar-refractivity contribution < 1.29 is 17.9 Å². The van der Waals surface area contributed by atoms with E-state index in [1.54, 1.807) is 24.3 Å². The number of fused-ring (bicyclic) bond motifs is 1. The molecule has 2 aromatic rings. The summed E-state index contributed by atoms with van der Waals surface area (Å²) >= 11 is 0. The smallest absolute Gasteiger partial charge is 0.267 e. The van der Waals surface area contributed by atoms with Crippen LogP contribution < -0.4 is 14.4 Å². The number of hydrogen-bond acceptors (Lipinski definition) is 4. The molecule has 1 heterocycles. The molecule has 0 saturated carbocycles. The lowest BCUT2D eigenvalue weighted by atomic mass is 10.1. The third kappa shape index (κ3) is 3.53. The van der Waals surface area contributed by atoms with Crippen LogP contribution in [0.1, 0.15) is 18.1 Å². The van der Waals surface area contributed by atoms with Crippen molar-refractivity contribution in [1.29, 1.82) is 0 Å². The maximum Gasteiger partial charge on any atom is 0.267 e. The van der Waals surface area contributed by atoms with E-state index in [0.717, 1.165) is 29.5 Å². The van der Waals surface area contributed by atoms with E-state index in [2.05, 4.69) is 5.32 Å². The SMILES string of the molecule is CCc1cccc(C)c1NC(=O)C1CN(S(C)(=O)=O)c2ccccc2O1. The van der Waals surface area contributed by atoms with E-state index in [4.69, 9.17) is 4.74 Å². The largest absolute Gasteiger partial charge is 0.476 e. The van der Waals surface area contributed by atoms with Gasteiger partial charge >= 0.3 is 0 Å². The molecule has 26 heavy (non-hydrogen) atoms. The minimum absolute atomic E-state index is 0.0605. The number of carbonyl (C=O) groups is 1. The minimum atomic E-state index is -3.53. The number of carbonyl (C=O) groups excluding carboxylic acids is 1. The zero-order valence-electron chi connectivity index (χ0n) is 15.0. The zero-order valence-corrected chi connectivity index (χ0v) is 15.8. The third-order valence-electron chi connectivity index (χ3n) is 4.42. The summed E-state index contributed by atoms with van der Waals surface area (Å²) in [5, 5.41) is 2.92. The molecule has 1 aliphatic rings. The minimum Gasteiger partial charge on any atom is -0.476 e. The first-order valence-electron chi connectivity index (χ1n) is 8.44. The molecule has 0 fully saturated rings. The summed E-state index contributed by atoms with van der Waals surface area (Å²) in [4.78, 5) is 12.8. The molecular weight excluding hydrogens is 352 g/mol. The van der Waals surface area contributed by atoms with Crippen molar-refractivity contribution in [2.24, 2.45) is 0 Å². The molecule has 2 aromatic carbocycles. The lowest BCUT2D eigenvalue weighted by Gasteiger charge is -2.34. The molecule has 1 atom stereocenters. The van der Waals surface area contributed by atoms with Gasteiger partial charge in [-0.1, -0.05) is 37.3 Å². The zero-order chi connectivity index (χ0) is 18.9. The van der Waals surface area contributed by atoms with Gasteiger partial charge in [-0.05, 0) is 36.6 Å². The van der Waals surface area contributed by atoms with Crippen LogP contribution >= 0.6 is 0 Å². The monoisotopic (exact) mass is 374 g/mol. The number of para-hydroxylation sites is 3. The van der Waals surface area contributed by atoms with Gasteiger partial charge in [-0.3, -0.25) is 9.10 Å². The van der Waals surface area contributed by atoms with E-state index in [0.29, 0.717) is 11.4 Å². The van der Waals surface area contributed by atoms with Crippen LogP contribution in [0.3, 0.4) is 0 Å². The van der Waals surface area contributed by atoms with Gasteiger partial charge in [0.25, 0.3) is 5.91 Å². The van der Waals surface area contributed by atoms with Crippen LogP contribution in [-0.4, -0.2) is 33.2 Å². The van der Waals surface area contributed by atoms with Gasteiger partial charge in [-0.25, -0.2) is 8.42 Å². The quantitative estimate of drug-likeness (QED) is 0.893. The molecule has 0 saturated heterocycles. The predicted octanol–water partition coefficient (Wildman–Crippen LogP) is 2.72. The molecule has 1 N–H and O–H groups in total. The van der Waals surface area contributed by atoms with Crippen molar-refractivity contribution in [2.75, 3.05) is 22.4 Å². The summed E-state index contributed by atoms with van der Waals surface area (Å²) in [5.41, 5.74) is 3.18. The first kappa shape index (κ1) is 18.3. The van der Waals surface area contributed by atoms with Crippen LogP contribution in [0.5, 0.6) is 5.75 Å². The Morgan fingerprint density at radius 3 is 2.65 bits per heavy atom. The first-order chi connectivity index (χ1) is 12.3. The van der Waals surface area contributed by atoms with E-state index < -0.39 is 16.1 Å². The van der Waals surface area contributed by atoms with Crippen LogP contribution in [0.15, 0.2) is 42.5 Å². The fourth-order valence-corrected chi connectivity index (χ4v) is 3.97. The number of nitrogens with one attached hydrogen (secondary N) is 1. The van der Waals surface area contributed by atoms with Crippen molar-refractivity contribution in [3.63, 3.8) is 0 Å². The van der Waals surface area contributed by atoms with Gasteiger partial charge < -0.3 is 10.1 Å². The Bertz CT molecular complexity index is 940. The molecule has 0 spiro atoms. The van der Waals surface area contributed by atoms with Crippen LogP contribution in [0.25, 0.3) is 0 Å². The fourth-order valence-electron chi connectivity index (χ4n) is 3.06. The molecule has 1 amide bonds. The molecular formula is C19H22N2O4S. The lowest BCUT2D eigenvalue weighted by molar-refractivity contribution is -0.122. The van der Waals surface area contributed by atoms with Crippen molar-refractivity contribution >= 4 is 27.3 Å². The van der Waals surface area contributed by atoms with Crippen molar-refractivity contribution in [1.82, 2.24) is 0 Å². The topological polar surface area (TPSA) is 75.7 Å². The summed E-state index contributed by atoms with van der Waals surface area (Å²) in [6.45, 7) is 3.88. The molecule has 138 valence electrons. The first-order valence-corrected chi connectivity index (χ1v) is 10.3. The van der Waals surface area contributed by atoms with Gasteiger partial charge in [0.1, 0.15) is 5.75 Å². The normalized spacial score (nSPS) is 16.6. The number of anilines is 2. The lowest BCUT2D eigenvalue weighted by Crippen LogP contribution is -2.48. The van der Waals surface area contributed by atoms with Crippen molar-refractivity contribution in [2.45, 2.75) is 26.4 Å². The molecule has 1 unspecified atom stereocenters. The average molecular weight is 374 g/mol. The second kappa shape index (κ2) is 6.99. The second-order valence-corrected chi connectivity index (χ2v) is 8.23. The number of amides is 1. The molecule has 0 aliphatic carbocycles. The highest BCUT2D eigenvalue weighted by Gasteiger charge is 2.35. The maximum atomic E-state index is 12.8. The molecule has 0 aromatic heterocycles. The summed E-state index contributed by atoms with van der Waals surface area (Å²) < 4.78 is 31.3. The van der Waals surface area contributed by atoms with Crippen molar-refractivity contribution in [3.05, 3.63) is 53.6 Å². The number of benzene rings is 2. The molecule has 7 heteroatoms. The Morgan fingerprint density at radius 1 is 1.23 bits per heavy atom. The van der Waals surface area contributed by atoms with Crippen LogP contribution in [0.2, 0.25) is 0 Å². The second-order valence-electron chi connectivity index (χ2n) is 6.32. The summed E-state index contributed by atoms with van der Waals surface area (Å²) in [7, 11) is -3.53. The Labute approximate surface area is 153 Å². The van der Waals surface area contributed by atoms with Crippen molar-refractivity contribution in [3.8, 4) is 5.75 Å². The number of rotatable bonds is 4. The van der Waals surface area contributed by atoms with Gasteiger partial charge in [0.05, 0.1) is 18.5 Å². The Morgan fingerprint density at radius 2 is 1.96 bits per heavy atom. The maximum absolute atomic E-state index is 12.8. The van der Waals surface area contributed by atoms with Crippen LogP contribution in [0.4, 0.5) is 11.4 Å². The molecule has 3 rings (SSSR count). The fraction of sp³-hybridized carbons (Fsp3) is 0.316. The standard InChI is InChI=1S/C19H22N2O4S/c1-4-14-9-7-8-13(2)18(14)20-19(22)17-12-21(26(3,23)24)15-10-5-6-11-16(15)25-17/h5-11,17H,4,12H2,1-3H3,(H,20,22). The number of ether oxygens (including phenoxy) is 1. The molecule has 0 bridgehead atoms. The summed E-state index contributed by atoms with van der Waals surface area (Å²) in [5.74, 6) is 0.0157. The average Bonchev–Trinajstić information content (AvgIpc) is 2.61. The van der Waals surface area contributed by atoms with Crippen LogP contribution in [-0.2, 0) is 21.2 Å². The van der Waals surface area contributed by atoms with Gasteiger partial charge in [0, 0.05) is 5.69 Å². The number of nitrogens with zero attached hydrogens (tertiary/aromatic N) is 1. The van der Waals surface area contributed by atoms with Crippen LogP contribution in [0, 0.1) is 6.92 Å². The summed E-state index contributed by atoms with van der Waals surface area (Å²) in [6, 6.07) is 12.6. The molecule has 1 aliphatic heterocycles. The van der Waals surface area contributed by atoms with Gasteiger partial charge in [0.15, 0.2) is 6.10 Å². The summed E-state index contributed by atoms with van der Waals surface area (Å²) in [6.07, 6.45) is 0.978. The Hall–Kier alpha value is -2.54. The van der Waals surface area contributed by atoms with Gasteiger partial charge in [-0.15, -0.1) is 0 Å². The highest BCUT2D eigenvalue weighted by Crippen LogP contribution is 2.35. The van der Waals surface area contributed by atoms with E-state index in [9.17, 15) is 13.2 Å². The van der Waals surface area contributed by atoms with E-state index in [1.165, 1.54) is 4.31 Å². The van der Waals surface area contributed by atoms with Gasteiger partial charge in [-0.2, -0.15) is 0 Å². The highest BCUT2D eigenvalue weighted by atomic mass is 32.2. The van der Waals surface area contributed by atoms with E-state index in [1.807, 2.05) is 32.0 Å². The predicted molar refractivity (Wildman–Crippen MR) is 102 cm³/mol. The van der Waals surface area contributed by atoms with Gasteiger partial charge in [0.2, 0.25) is 10.0 Å². The number of aryl methyl sites for hydroxylation is 2. The number of hydrogen-bond donors (Lipinski definition) is 1. The highest BCUT2D eigenvalue weighted by molar-refractivity contribution is 7.92. The number of sulfonamides is 1. The third-order valence-corrected chi connectivity index (χ3v) is 5.56. The molecule has 6 nitrogen and oxygen atoms in total. The Kier molecular flexibility index (Phi) is 4.91. The molecule has 0 radical (unpaired) electrons. The van der Waals surface area contributed by atoms with E-state index >= 15 is 0 Å². The Balaban J connectivity index is 1.90. The van der Waals surface area contributed by atoms with E-state index in [-0.39, 0.29) is 12.5 Å².